The molecule has 5 heterocycles. The number of para-hydroxylation sites is 2. The van der Waals surface area contributed by atoms with Crippen molar-refractivity contribution < 1.29 is 53.0 Å². The number of Topliss-reactive ketones (excluding diaryl/α,β-unsaturated/α-hetero) is 4. The van der Waals surface area contributed by atoms with Crippen molar-refractivity contribution in [2.45, 2.75) is 224 Å². The van der Waals surface area contributed by atoms with Crippen LogP contribution in [-0.2, 0) is 81.7 Å². The van der Waals surface area contributed by atoms with Gasteiger partial charge < -0.3 is 63.0 Å². The van der Waals surface area contributed by atoms with Crippen LogP contribution in [-0.4, -0.2) is 130 Å². The number of phenols is 1. The lowest BCUT2D eigenvalue weighted by molar-refractivity contribution is -0.137. The summed E-state index contributed by atoms with van der Waals surface area (Å²) in [6, 6.07) is 66.1. The van der Waals surface area contributed by atoms with Crippen molar-refractivity contribution in [3.63, 3.8) is 0 Å². The van der Waals surface area contributed by atoms with Gasteiger partial charge in [-0.15, -0.1) is 0 Å². The largest absolute Gasteiger partial charge is 0.507 e. The average molecular weight is 1700 g/mol. The van der Waals surface area contributed by atoms with Crippen molar-refractivity contribution in [1.29, 1.82) is 0 Å². The van der Waals surface area contributed by atoms with Gasteiger partial charge in [0.15, 0.2) is 0 Å². The van der Waals surface area contributed by atoms with Gasteiger partial charge in [0.25, 0.3) is 0 Å². The summed E-state index contributed by atoms with van der Waals surface area (Å²) in [5, 5.41) is 12.7. The van der Waals surface area contributed by atoms with Crippen LogP contribution in [0.2, 0.25) is 0 Å². The Balaban J connectivity index is 0.000000165. The van der Waals surface area contributed by atoms with Crippen molar-refractivity contribution in [1.82, 2.24) is 19.6 Å². The number of hydrogen-bond donors (Lipinski definition) is 6. The maximum Gasteiger partial charge on any atom is 0.227 e. The molecular weight excluding hydrogens is 1570 g/mol. The number of nitrogen functional groups attached to an aromatic ring is 5. The Morgan fingerprint density at radius 1 is 0.328 bits per heavy atom. The molecule has 662 valence electrons. The molecule has 0 aromatic heterocycles. The van der Waals surface area contributed by atoms with E-state index < -0.39 is 0 Å². The number of rotatable bonds is 33. The normalized spacial score (nSPS) is 15.2. The number of nitrogens with two attached hydrogens (primary N) is 5. The quantitative estimate of drug-likeness (QED) is 0.0164. The molecule has 9 aromatic carbocycles. The minimum atomic E-state index is -0.147. The second-order valence-electron chi connectivity index (χ2n) is 33.5. The molecule has 0 aliphatic carbocycles. The number of fused-ring (bicyclic) bond motifs is 2. The van der Waals surface area contributed by atoms with Gasteiger partial charge in [0.2, 0.25) is 29.5 Å². The Hall–Kier alpha value is -12.1. The Morgan fingerprint density at radius 3 is 1.17 bits per heavy atom. The molecule has 0 bridgehead atoms. The number of piperidine rings is 3. The molecule has 5 aliphatic heterocycles. The van der Waals surface area contributed by atoms with Crippen molar-refractivity contribution in [3.05, 3.63) is 251 Å². The number of carbonyl (C=O) groups excluding carboxylic acids is 9. The molecule has 4 saturated heterocycles. The molecule has 0 saturated carbocycles. The highest BCUT2D eigenvalue weighted by Crippen LogP contribution is 2.41. The summed E-state index contributed by atoms with van der Waals surface area (Å²) in [6.45, 7) is 5.67. The summed E-state index contributed by atoms with van der Waals surface area (Å²) in [7, 11) is 1.70. The van der Waals surface area contributed by atoms with Crippen LogP contribution < -0.4 is 38.3 Å². The molecule has 5 amide bonds. The van der Waals surface area contributed by atoms with Crippen LogP contribution >= 0.6 is 0 Å². The number of carbonyl (C=O) groups is 9. The number of aryl methyl sites for hydroxylation is 5. The van der Waals surface area contributed by atoms with Crippen molar-refractivity contribution in [2.24, 2.45) is 0 Å². The third kappa shape index (κ3) is 31.3. The topological polar surface area (TPSA) is 329 Å². The molecule has 9 aromatic rings. The molecule has 14 rings (SSSR count). The van der Waals surface area contributed by atoms with E-state index in [1.54, 1.807) is 7.11 Å². The Kier molecular flexibility index (Phi) is 38.5. The van der Waals surface area contributed by atoms with Gasteiger partial charge in [0, 0.05) is 180 Å². The maximum absolute atomic E-state index is 13.1. The number of likely N-dealkylation sites (tertiary alicyclic amines) is 4. The number of methoxy groups -OCH3 is 1. The zero-order valence-electron chi connectivity index (χ0n) is 73.2. The molecular formula is C104H130N10O11. The van der Waals surface area contributed by atoms with Crippen molar-refractivity contribution >= 4 is 97.6 Å². The summed E-state index contributed by atoms with van der Waals surface area (Å²) in [5.41, 5.74) is 41.9. The number of aromatic hydroxyl groups is 1. The van der Waals surface area contributed by atoms with Crippen LogP contribution in [0, 0.1) is 0 Å². The Morgan fingerprint density at radius 2 is 0.704 bits per heavy atom. The summed E-state index contributed by atoms with van der Waals surface area (Å²) >= 11 is 0. The number of ketones is 4. The van der Waals surface area contributed by atoms with Crippen LogP contribution in [0.5, 0.6) is 11.5 Å². The second kappa shape index (κ2) is 50.6. The lowest BCUT2D eigenvalue weighted by Crippen LogP contribution is -2.38. The Labute approximate surface area is 738 Å². The molecule has 21 nitrogen and oxygen atoms in total. The van der Waals surface area contributed by atoms with Gasteiger partial charge in [-0.3, -0.25) is 43.2 Å². The minimum absolute atomic E-state index is 0.0110. The molecule has 21 heteroatoms. The van der Waals surface area contributed by atoms with E-state index in [9.17, 15) is 48.3 Å². The number of anilines is 6. The number of nitrogens with zero attached hydrogens (tertiary/aromatic N) is 5. The fraction of sp³-hybridized carbons (Fsp3) is 0.413. The second-order valence-corrected chi connectivity index (χ2v) is 33.5. The van der Waals surface area contributed by atoms with Crippen molar-refractivity contribution in [3.8, 4) is 11.5 Å². The van der Waals surface area contributed by atoms with Gasteiger partial charge in [0.1, 0.15) is 34.6 Å². The van der Waals surface area contributed by atoms with E-state index in [-0.39, 0.29) is 89.8 Å². The van der Waals surface area contributed by atoms with Crippen LogP contribution in [0.4, 0.5) is 34.1 Å². The van der Waals surface area contributed by atoms with Crippen LogP contribution in [0.15, 0.2) is 206 Å². The van der Waals surface area contributed by atoms with Crippen LogP contribution in [0.3, 0.4) is 0 Å². The van der Waals surface area contributed by atoms with Gasteiger partial charge in [-0.1, -0.05) is 140 Å². The predicted molar refractivity (Wildman–Crippen MR) is 501 cm³/mol. The smallest absolute Gasteiger partial charge is 0.227 e. The zero-order chi connectivity index (χ0) is 88.7. The highest BCUT2D eigenvalue weighted by molar-refractivity contribution is 5.97. The first kappa shape index (κ1) is 95.1. The first-order chi connectivity index (χ1) is 60.6. The summed E-state index contributed by atoms with van der Waals surface area (Å²) in [4.78, 5) is 120. The summed E-state index contributed by atoms with van der Waals surface area (Å²) in [6.07, 6.45) is 24.5. The monoisotopic (exact) mass is 1690 g/mol. The maximum atomic E-state index is 13.1. The van der Waals surface area contributed by atoms with E-state index in [0.717, 1.165) is 227 Å². The SMILES string of the molecule is COc1ccccc1C1CCCCN1C(=O)CCCCCc1ccc(N)cc1.Nc1ccc(CCC(=O)CCC(=O)N2CCCC2)cc1.Nc1ccc(CCC(=O)CCC(=O)N2CCCCC2)cc1.Nc1ccc(CCC(=O)CCC(=O)N2CCCCC2c2ccc3ccccc3c2O)cc1.Nc1ccc(CCC(=O)CCC(=O)N2CCc3ccccc32)cc1. The molecule has 0 radical (unpaired) electrons. The van der Waals surface area contributed by atoms with E-state index >= 15 is 0 Å². The third-order valence-electron chi connectivity index (χ3n) is 24.3. The first-order valence-corrected chi connectivity index (χ1v) is 45.3. The summed E-state index contributed by atoms with van der Waals surface area (Å²) < 4.78 is 5.54. The van der Waals surface area contributed by atoms with E-state index in [2.05, 4.69) is 29.2 Å². The molecule has 5 aliphatic rings. The number of phenolic OH excluding ortho intramolecular Hbond substituents is 1. The number of unbranched alkanes of at least 4 members (excludes halogenated alkanes) is 2. The molecule has 2 atom stereocenters. The van der Waals surface area contributed by atoms with E-state index in [1.807, 2.05) is 202 Å². The van der Waals surface area contributed by atoms with Gasteiger partial charge >= 0.3 is 0 Å². The number of amides is 5. The molecule has 4 fully saturated rings. The Bertz CT molecular complexity index is 4950. The highest BCUT2D eigenvalue weighted by Gasteiger charge is 2.33. The number of ether oxygens (including phenoxy) is 1. The van der Waals surface area contributed by atoms with Crippen molar-refractivity contribution in [2.75, 3.05) is 86.5 Å². The number of hydrogen-bond acceptors (Lipinski definition) is 16. The molecule has 2 unspecified atom stereocenters. The molecule has 125 heavy (non-hydrogen) atoms. The van der Waals surface area contributed by atoms with E-state index in [4.69, 9.17) is 33.4 Å². The van der Waals surface area contributed by atoms with Crippen LogP contribution in [0.25, 0.3) is 10.8 Å². The minimum Gasteiger partial charge on any atom is -0.507 e. The third-order valence-corrected chi connectivity index (χ3v) is 24.3. The predicted octanol–water partition coefficient (Wildman–Crippen LogP) is 18.2. The fourth-order valence-electron chi connectivity index (χ4n) is 16.9. The van der Waals surface area contributed by atoms with E-state index in [0.29, 0.717) is 89.3 Å². The zero-order valence-corrected chi connectivity index (χ0v) is 73.2. The fourth-order valence-corrected chi connectivity index (χ4v) is 16.9. The van der Waals surface area contributed by atoms with Crippen LogP contribution in [0.1, 0.15) is 230 Å². The lowest BCUT2D eigenvalue weighted by atomic mass is 9.92. The van der Waals surface area contributed by atoms with Gasteiger partial charge in [-0.05, 0) is 234 Å². The van der Waals surface area contributed by atoms with Gasteiger partial charge in [0.05, 0.1) is 19.2 Å². The molecule has 11 N–H and O–H groups in total. The average Bonchev–Trinajstić information content (AvgIpc) is 1.72. The molecule has 0 spiro atoms. The van der Waals surface area contributed by atoms with E-state index in [1.165, 1.54) is 17.5 Å². The van der Waals surface area contributed by atoms with Gasteiger partial charge in [-0.25, -0.2) is 0 Å². The lowest BCUT2D eigenvalue weighted by Gasteiger charge is -2.36. The first-order valence-electron chi connectivity index (χ1n) is 45.3. The number of benzene rings is 9. The van der Waals surface area contributed by atoms with Gasteiger partial charge in [-0.2, -0.15) is 0 Å². The summed E-state index contributed by atoms with van der Waals surface area (Å²) in [5.74, 6) is 2.27. The standard InChI is InChI=1S/C27H30N2O3.C24H32N2O2.C20H22N2O2.C17H24N2O2.C16H22N2O2/c28-21-12-8-19(9-13-21)10-14-22(30)15-17-26(31)29-18-4-3-7-25(29)24-16-11-20-5-1-2-6-23(20)27(24)32;1-28-23-12-6-5-10-21(23)22-11-7-8-18-26(22)24(27)13-4-2-3-9-19-14-16-20(25)17-15-19;21-17-8-5-15(6-9-17)7-10-18(23)11-12-20(24)22-14-13-16-3-1-2-4-19(16)22;18-15-7-4-14(5-8-15)6-9-16(20)10-11-17(21)19-12-2-1-3-13-19;17-14-6-3-13(4-7-14)5-8-15(19)9-10-16(20)18-11-1-2-12-18/h1-2,5-6,8-9,11-13,16,25,32H,3-4,7,10,14-15,17-18,28H2;5-6,10,12,14-17,22H,2-4,7-9,11,13,18,25H2,1H3;1-6,8-9H,7,10-14,21H2;4-5,7-8H,1-3,6,9-13,18H2;3-4,6-7H,1-2,5,8-12,17H2. The highest BCUT2D eigenvalue weighted by atomic mass is 16.5.